The number of likely N-dealkylation sites (N-methyl/N-ethyl adjacent to an activating group) is 1. The molecule has 0 atom stereocenters. The molecule has 0 spiro atoms. The summed E-state index contributed by atoms with van der Waals surface area (Å²) in [5.74, 6) is 0.928. The highest BCUT2D eigenvalue weighted by atomic mass is 32.2. The molecule has 2 heterocycles. The number of aromatic nitrogens is 2. The summed E-state index contributed by atoms with van der Waals surface area (Å²) in [5, 5.41) is 3.06. The first kappa shape index (κ1) is 13.4. The molecule has 4 nitrogen and oxygen atoms in total. The Morgan fingerprint density at radius 2 is 2.25 bits per heavy atom. The first-order valence-electron chi connectivity index (χ1n) is 6.76. The lowest BCUT2D eigenvalue weighted by atomic mass is 10.1. The van der Waals surface area contributed by atoms with Gasteiger partial charge in [-0.05, 0) is 19.5 Å². The molecule has 5 heteroatoms. The van der Waals surface area contributed by atoms with Crippen LogP contribution in [0.1, 0.15) is 5.56 Å². The summed E-state index contributed by atoms with van der Waals surface area (Å²) in [6.45, 7) is 1.43. The van der Waals surface area contributed by atoms with Crippen LogP contribution >= 0.6 is 11.8 Å². The van der Waals surface area contributed by atoms with Crippen LogP contribution in [0.5, 0.6) is 0 Å². The summed E-state index contributed by atoms with van der Waals surface area (Å²) in [4.78, 5) is 18.3. The SMILES string of the molecule is CNCCn1cnc2c(c1=O)CCSc1ccccc1-2. The van der Waals surface area contributed by atoms with Crippen molar-refractivity contribution in [1.29, 1.82) is 0 Å². The highest BCUT2D eigenvalue weighted by molar-refractivity contribution is 7.99. The Balaban J connectivity index is 2.12. The van der Waals surface area contributed by atoms with E-state index in [4.69, 9.17) is 0 Å². The van der Waals surface area contributed by atoms with Crippen molar-refractivity contribution < 1.29 is 0 Å². The molecule has 1 aromatic heterocycles. The second kappa shape index (κ2) is 5.81. The van der Waals surface area contributed by atoms with Crippen LogP contribution in [0, 0.1) is 0 Å². The fraction of sp³-hybridized carbons (Fsp3) is 0.333. The Bertz CT molecular complexity index is 681. The molecule has 0 saturated carbocycles. The number of rotatable bonds is 3. The van der Waals surface area contributed by atoms with Gasteiger partial charge < -0.3 is 5.32 Å². The van der Waals surface area contributed by atoms with Gasteiger partial charge in [-0.1, -0.05) is 18.2 Å². The van der Waals surface area contributed by atoms with Crippen LogP contribution in [-0.4, -0.2) is 28.9 Å². The minimum atomic E-state index is 0.0996. The lowest BCUT2D eigenvalue weighted by molar-refractivity contribution is 0.611. The van der Waals surface area contributed by atoms with Gasteiger partial charge in [-0.2, -0.15) is 0 Å². The first-order chi connectivity index (χ1) is 9.81. The van der Waals surface area contributed by atoms with Crippen LogP contribution in [0.25, 0.3) is 11.3 Å². The van der Waals surface area contributed by atoms with Gasteiger partial charge in [-0.3, -0.25) is 9.36 Å². The Morgan fingerprint density at radius 1 is 1.40 bits per heavy atom. The van der Waals surface area contributed by atoms with Crippen LogP contribution in [0.15, 0.2) is 40.3 Å². The van der Waals surface area contributed by atoms with Crippen molar-refractivity contribution in [2.24, 2.45) is 0 Å². The Hall–Kier alpha value is -1.59. The number of benzene rings is 1. The van der Waals surface area contributed by atoms with Gasteiger partial charge in [-0.25, -0.2) is 4.98 Å². The Kier molecular flexibility index (Phi) is 3.89. The normalized spacial score (nSPS) is 13.4. The van der Waals surface area contributed by atoms with Crippen LogP contribution in [0.4, 0.5) is 0 Å². The molecule has 3 rings (SSSR count). The van der Waals surface area contributed by atoms with Gasteiger partial charge in [-0.15, -0.1) is 11.8 Å². The molecule has 0 bridgehead atoms. The van der Waals surface area contributed by atoms with Crippen molar-refractivity contribution >= 4 is 11.8 Å². The van der Waals surface area contributed by atoms with Crippen LogP contribution < -0.4 is 10.9 Å². The maximum absolute atomic E-state index is 12.6. The molecule has 0 unspecified atom stereocenters. The predicted molar refractivity (Wildman–Crippen MR) is 82.3 cm³/mol. The summed E-state index contributed by atoms with van der Waals surface area (Å²) >= 11 is 1.80. The lowest BCUT2D eigenvalue weighted by Crippen LogP contribution is -2.29. The molecular formula is C15H17N3OS. The Morgan fingerprint density at radius 3 is 3.10 bits per heavy atom. The van der Waals surface area contributed by atoms with Gasteiger partial charge in [0.1, 0.15) is 0 Å². The standard InChI is InChI=1S/C15H17N3OS/c1-16-7-8-18-10-17-14-11-4-2-3-5-13(11)20-9-6-12(14)15(18)19/h2-5,10,16H,6-9H2,1H3. The van der Waals surface area contributed by atoms with Gasteiger partial charge >= 0.3 is 0 Å². The zero-order valence-electron chi connectivity index (χ0n) is 11.4. The largest absolute Gasteiger partial charge is 0.318 e. The van der Waals surface area contributed by atoms with Crippen molar-refractivity contribution in [3.63, 3.8) is 0 Å². The smallest absolute Gasteiger partial charge is 0.257 e. The van der Waals surface area contributed by atoms with E-state index in [2.05, 4.69) is 22.4 Å². The van der Waals surface area contributed by atoms with Crippen molar-refractivity contribution in [2.45, 2.75) is 17.9 Å². The van der Waals surface area contributed by atoms with E-state index < -0.39 is 0 Å². The van der Waals surface area contributed by atoms with E-state index in [0.29, 0.717) is 6.54 Å². The topological polar surface area (TPSA) is 46.9 Å². The third kappa shape index (κ3) is 2.39. The maximum Gasteiger partial charge on any atom is 0.257 e. The number of fused-ring (bicyclic) bond motifs is 3. The van der Waals surface area contributed by atoms with Gasteiger partial charge in [0.15, 0.2) is 0 Å². The molecule has 0 radical (unpaired) electrons. The summed E-state index contributed by atoms with van der Waals surface area (Å²) in [6.07, 6.45) is 2.45. The highest BCUT2D eigenvalue weighted by Crippen LogP contribution is 2.34. The lowest BCUT2D eigenvalue weighted by Gasteiger charge is -2.10. The van der Waals surface area contributed by atoms with E-state index in [1.54, 1.807) is 22.7 Å². The monoisotopic (exact) mass is 287 g/mol. The average Bonchev–Trinajstić information content (AvgIpc) is 2.67. The van der Waals surface area contributed by atoms with E-state index in [0.717, 1.165) is 35.5 Å². The quantitative estimate of drug-likeness (QED) is 0.935. The summed E-state index contributed by atoms with van der Waals surface area (Å²) < 4.78 is 1.70. The first-order valence-corrected chi connectivity index (χ1v) is 7.75. The van der Waals surface area contributed by atoms with Gasteiger partial charge in [0, 0.05) is 34.9 Å². The molecular weight excluding hydrogens is 270 g/mol. The van der Waals surface area contributed by atoms with Gasteiger partial charge in [0.25, 0.3) is 5.56 Å². The molecule has 0 saturated heterocycles. The third-order valence-electron chi connectivity index (χ3n) is 3.49. The fourth-order valence-corrected chi connectivity index (χ4v) is 3.45. The van der Waals surface area contributed by atoms with E-state index >= 15 is 0 Å². The minimum absolute atomic E-state index is 0.0996. The number of thioether (sulfide) groups is 1. The summed E-state index contributed by atoms with van der Waals surface area (Å²) in [5.41, 5.74) is 2.89. The van der Waals surface area contributed by atoms with Crippen molar-refractivity contribution in [3.05, 3.63) is 46.5 Å². The molecule has 1 aliphatic rings. The van der Waals surface area contributed by atoms with E-state index in [-0.39, 0.29) is 5.56 Å². The van der Waals surface area contributed by atoms with Crippen molar-refractivity contribution in [1.82, 2.24) is 14.9 Å². The molecule has 1 aliphatic heterocycles. The summed E-state index contributed by atoms with van der Waals surface area (Å²) in [6, 6.07) is 8.19. The Labute approximate surface area is 122 Å². The van der Waals surface area contributed by atoms with Crippen molar-refractivity contribution in [3.8, 4) is 11.3 Å². The molecule has 0 amide bonds. The number of hydrogen-bond acceptors (Lipinski definition) is 4. The number of nitrogens with zero attached hydrogens (tertiary/aromatic N) is 2. The van der Waals surface area contributed by atoms with E-state index in [9.17, 15) is 4.79 Å². The molecule has 20 heavy (non-hydrogen) atoms. The molecule has 104 valence electrons. The van der Waals surface area contributed by atoms with Crippen LogP contribution in [-0.2, 0) is 13.0 Å². The zero-order valence-corrected chi connectivity index (χ0v) is 12.2. The third-order valence-corrected chi connectivity index (χ3v) is 4.56. The second-order valence-electron chi connectivity index (χ2n) is 4.77. The second-order valence-corrected chi connectivity index (χ2v) is 5.91. The molecule has 0 fully saturated rings. The molecule has 2 aromatic rings. The number of nitrogens with one attached hydrogen (secondary N) is 1. The van der Waals surface area contributed by atoms with Crippen LogP contribution in [0.2, 0.25) is 0 Å². The molecule has 0 aliphatic carbocycles. The van der Waals surface area contributed by atoms with E-state index in [1.807, 2.05) is 19.2 Å². The van der Waals surface area contributed by atoms with Crippen molar-refractivity contribution in [2.75, 3.05) is 19.3 Å². The number of hydrogen-bond donors (Lipinski definition) is 1. The van der Waals surface area contributed by atoms with Gasteiger partial charge in [0.05, 0.1) is 12.0 Å². The van der Waals surface area contributed by atoms with Crippen LogP contribution in [0.3, 0.4) is 0 Å². The van der Waals surface area contributed by atoms with E-state index in [1.165, 1.54) is 4.90 Å². The predicted octanol–water partition coefficient (Wildman–Crippen LogP) is 1.78. The zero-order chi connectivity index (χ0) is 13.9. The minimum Gasteiger partial charge on any atom is -0.318 e. The average molecular weight is 287 g/mol. The van der Waals surface area contributed by atoms with Gasteiger partial charge in [0.2, 0.25) is 0 Å². The molecule has 1 N–H and O–H groups in total. The highest BCUT2D eigenvalue weighted by Gasteiger charge is 2.19. The maximum atomic E-state index is 12.6. The fourth-order valence-electron chi connectivity index (χ4n) is 2.43. The molecule has 1 aromatic carbocycles. The summed E-state index contributed by atoms with van der Waals surface area (Å²) in [7, 11) is 1.88.